The highest BCUT2D eigenvalue weighted by atomic mass is 16.3. The van der Waals surface area contributed by atoms with Crippen molar-refractivity contribution in [3.63, 3.8) is 0 Å². The van der Waals surface area contributed by atoms with Gasteiger partial charge in [0.25, 0.3) is 0 Å². The van der Waals surface area contributed by atoms with Gasteiger partial charge in [0.2, 0.25) is 0 Å². The summed E-state index contributed by atoms with van der Waals surface area (Å²) in [6.07, 6.45) is 0. The van der Waals surface area contributed by atoms with E-state index in [0.717, 1.165) is 50.3 Å². The number of anilines is 3. The largest absolute Gasteiger partial charge is 0.456 e. The summed E-state index contributed by atoms with van der Waals surface area (Å²) >= 11 is 0. The molecule has 0 saturated heterocycles. The SMILES string of the molecule is c1ccc2c(c1)ccc1ccc(N(c3ccc(-c4cccc5oc6ccccc6c45)cc3)c3ccc(-n4c5ccccc5c5ccccc54)cc3)cc12. The number of benzene rings is 9. The molecule has 3 nitrogen and oxygen atoms in total. The highest BCUT2D eigenvalue weighted by Gasteiger charge is 2.18. The number of nitrogens with zero attached hydrogens (tertiary/aromatic N) is 2. The van der Waals surface area contributed by atoms with E-state index in [9.17, 15) is 0 Å². The number of para-hydroxylation sites is 3. The Kier molecular flexibility index (Phi) is 6.55. The first-order chi connectivity index (χ1) is 26.3. The quantitative estimate of drug-likeness (QED) is 0.169. The minimum atomic E-state index is 0.904. The summed E-state index contributed by atoms with van der Waals surface area (Å²) in [5.74, 6) is 0. The molecule has 0 radical (unpaired) electrons. The van der Waals surface area contributed by atoms with Crippen LogP contribution in [0.3, 0.4) is 0 Å². The van der Waals surface area contributed by atoms with Crippen LogP contribution in [0.5, 0.6) is 0 Å². The second-order valence-electron chi connectivity index (χ2n) is 13.7. The Morgan fingerprint density at radius 2 is 0.925 bits per heavy atom. The molecule has 0 saturated carbocycles. The zero-order valence-electron chi connectivity index (χ0n) is 28.8. The van der Waals surface area contributed by atoms with E-state index < -0.39 is 0 Å². The van der Waals surface area contributed by atoms with E-state index in [2.05, 4.69) is 191 Å². The number of hydrogen-bond acceptors (Lipinski definition) is 2. The molecular weight excluding hydrogens is 645 g/mol. The number of furan rings is 1. The molecule has 11 aromatic rings. The molecule has 0 aliphatic heterocycles. The van der Waals surface area contributed by atoms with Crippen molar-refractivity contribution in [2.75, 3.05) is 4.90 Å². The van der Waals surface area contributed by atoms with Crippen molar-refractivity contribution in [1.29, 1.82) is 0 Å². The molecule has 0 atom stereocenters. The number of hydrogen-bond donors (Lipinski definition) is 0. The Labute approximate surface area is 306 Å². The minimum absolute atomic E-state index is 0.904. The number of rotatable bonds is 5. The van der Waals surface area contributed by atoms with E-state index in [1.807, 2.05) is 12.1 Å². The highest BCUT2D eigenvalue weighted by molar-refractivity contribution is 6.13. The van der Waals surface area contributed by atoms with Crippen molar-refractivity contribution in [3.8, 4) is 16.8 Å². The lowest BCUT2D eigenvalue weighted by atomic mass is 9.98. The Balaban J connectivity index is 1.07. The second-order valence-corrected chi connectivity index (χ2v) is 13.7. The Hall–Kier alpha value is -7.10. The zero-order valence-corrected chi connectivity index (χ0v) is 28.8. The van der Waals surface area contributed by atoms with Crippen molar-refractivity contribution in [2.24, 2.45) is 0 Å². The molecule has 0 fully saturated rings. The standard InChI is InChI=1S/C50H32N2O/c1-2-11-40-33(10-1)20-21-35-24-27-39(32-45(35)40)51(36-25-22-34(23-26-36)41-15-9-19-49-50(41)44-14-5-8-18-48(44)53-49)37-28-30-38(31-29-37)52-46-16-6-3-12-42(46)43-13-4-7-17-47(43)52/h1-32H. The van der Waals surface area contributed by atoms with Gasteiger partial charge in [0.1, 0.15) is 11.2 Å². The van der Waals surface area contributed by atoms with E-state index in [0.29, 0.717) is 0 Å². The van der Waals surface area contributed by atoms with Gasteiger partial charge in [-0.3, -0.25) is 0 Å². The minimum Gasteiger partial charge on any atom is -0.456 e. The molecule has 11 rings (SSSR count). The molecular formula is C50H32N2O. The van der Waals surface area contributed by atoms with Gasteiger partial charge < -0.3 is 13.9 Å². The van der Waals surface area contributed by atoms with Crippen LogP contribution in [0.4, 0.5) is 17.1 Å². The maximum atomic E-state index is 6.23. The number of fused-ring (bicyclic) bond motifs is 9. The molecule has 0 aliphatic rings. The van der Waals surface area contributed by atoms with Gasteiger partial charge in [-0.1, -0.05) is 121 Å². The van der Waals surface area contributed by atoms with Gasteiger partial charge in [-0.05, 0) is 105 Å². The third-order valence-electron chi connectivity index (χ3n) is 10.8. The van der Waals surface area contributed by atoms with Crippen molar-refractivity contribution in [2.45, 2.75) is 0 Å². The third-order valence-corrected chi connectivity index (χ3v) is 10.8. The monoisotopic (exact) mass is 676 g/mol. The normalized spacial score (nSPS) is 11.8. The van der Waals surface area contributed by atoms with E-state index in [1.165, 1.54) is 48.9 Å². The molecule has 9 aromatic carbocycles. The molecule has 0 amide bonds. The lowest BCUT2D eigenvalue weighted by Crippen LogP contribution is -2.10. The molecule has 3 heteroatoms. The Morgan fingerprint density at radius 1 is 0.377 bits per heavy atom. The van der Waals surface area contributed by atoms with Crippen LogP contribution in [0, 0.1) is 0 Å². The molecule has 0 aliphatic carbocycles. The van der Waals surface area contributed by atoms with Gasteiger partial charge in [0.05, 0.1) is 11.0 Å². The first kappa shape index (κ1) is 29.6. The van der Waals surface area contributed by atoms with E-state index in [-0.39, 0.29) is 0 Å². The molecule has 53 heavy (non-hydrogen) atoms. The molecule has 0 bridgehead atoms. The zero-order chi connectivity index (χ0) is 34.9. The fourth-order valence-corrected chi connectivity index (χ4v) is 8.33. The van der Waals surface area contributed by atoms with Crippen LogP contribution in [-0.4, -0.2) is 4.57 Å². The van der Waals surface area contributed by atoms with Crippen LogP contribution in [0.25, 0.3) is 82.1 Å². The molecule has 0 unspecified atom stereocenters. The topological polar surface area (TPSA) is 21.3 Å². The summed E-state index contributed by atoms with van der Waals surface area (Å²) in [5.41, 5.74) is 10.9. The van der Waals surface area contributed by atoms with E-state index in [1.54, 1.807) is 0 Å². The van der Waals surface area contributed by atoms with Crippen molar-refractivity contribution >= 4 is 82.4 Å². The molecule has 2 aromatic heterocycles. The van der Waals surface area contributed by atoms with Gasteiger partial charge in [0.15, 0.2) is 0 Å². The maximum Gasteiger partial charge on any atom is 0.136 e. The summed E-state index contributed by atoms with van der Waals surface area (Å²) in [6.45, 7) is 0. The van der Waals surface area contributed by atoms with Crippen LogP contribution in [-0.2, 0) is 0 Å². The van der Waals surface area contributed by atoms with Crippen LogP contribution >= 0.6 is 0 Å². The highest BCUT2D eigenvalue weighted by Crippen LogP contribution is 2.41. The van der Waals surface area contributed by atoms with Gasteiger partial charge in [-0.15, -0.1) is 0 Å². The second kappa shape index (κ2) is 11.7. The molecule has 0 N–H and O–H groups in total. The summed E-state index contributed by atoms with van der Waals surface area (Å²) in [6, 6.07) is 69.8. The lowest BCUT2D eigenvalue weighted by Gasteiger charge is -2.26. The predicted molar refractivity (Wildman–Crippen MR) is 223 cm³/mol. The van der Waals surface area contributed by atoms with Crippen molar-refractivity contribution in [1.82, 2.24) is 4.57 Å². The lowest BCUT2D eigenvalue weighted by molar-refractivity contribution is 0.669. The summed E-state index contributed by atoms with van der Waals surface area (Å²) < 4.78 is 8.60. The van der Waals surface area contributed by atoms with Gasteiger partial charge in [0, 0.05) is 44.3 Å². The first-order valence-corrected chi connectivity index (χ1v) is 18.1. The fourth-order valence-electron chi connectivity index (χ4n) is 8.33. The summed E-state index contributed by atoms with van der Waals surface area (Å²) in [4.78, 5) is 2.37. The maximum absolute atomic E-state index is 6.23. The van der Waals surface area contributed by atoms with Gasteiger partial charge in [-0.25, -0.2) is 0 Å². The van der Waals surface area contributed by atoms with E-state index in [4.69, 9.17) is 4.42 Å². The van der Waals surface area contributed by atoms with E-state index >= 15 is 0 Å². The summed E-state index contributed by atoms with van der Waals surface area (Å²) in [7, 11) is 0. The van der Waals surface area contributed by atoms with Crippen LogP contribution < -0.4 is 4.90 Å². The smallest absolute Gasteiger partial charge is 0.136 e. The van der Waals surface area contributed by atoms with Crippen LogP contribution in [0.1, 0.15) is 0 Å². The van der Waals surface area contributed by atoms with Crippen LogP contribution in [0.2, 0.25) is 0 Å². The van der Waals surface area contributed by atoms with Crippen LogP contribution in [0.15, 0.2) is 199 Å². The number of aromatic nitrogens is 1. The molecule has 2 heterocycles. The molecule has 0 spiro atoms. The fraction of sp³-hybridized carbons (Fsp3) is 0. The Bertz CT molecular complexity index is 3110. The molecule has 248 valence electrons. The Morgan fingerprint density at radius 3 is 1.66 bits per heavy atom. The van der Waals surface area contributed by atoms with Gasteiger partial charge in [-0.2, -0.15) is 0 Å². The summed E-state index contributed by atoms with van der Waals surface area (Å²) in [5, 5.41) is 9.76. The first-order valence-electron chi connectivity index (χ1n) is 18.1. The van der Waals surface area contributed by atoms with Crippen molar-refractivity contribution in [3.05, 3.63) is 194 Å². The average molecular weight is 677 g/mol. The predicted octanol–water partition coefficient (Wildman–Crippen LogP) is 14.1. The third kappa shape index (κ3) is 4.68. The van der Waals surface area contributed by atoms with Crippen molar-refractivity contribution < 1.29 is 4.42 Å². The average Bonchev–Trinajstić information content (AvgIpc) is 3.78. The van der Waals surface area contributed by atoms with Gasteiger partial charge >= 0.3 is 0 Å².